The molecular weight excluding hydrogens is 294 g/mol. The highest BCUT2D eigenvalue weighted by atomic mass is 16.5. The largest absolute Gasteiger partial charge is 0.376 e. The fourth-order valence-corrected chi connectivity index (χ4v) is 2.38. The summed E-state index contributed by atoms with van der Waals surface area (Å²) in [5.41, 5.74) is 1.55. The number of urea groups is 1. The average molecular weight is 319 g/mol. The molecule has 1 atom stereocenters. The summed E-state index contributed by atoms with van der Waals surface area (Å²) in [6.45, 7) is 5.58. The van der Waals surface area contributed by atoms with Crippen molar-refractivity contribution in [1.82, 2.24) is 16.0 Å². The van der Waals surface area contributed by atoms with Gasteiger partial charge in [0.1, 0.15) is 0 Å². The molecule has 0 unspecified atom stereocenters. The molecule has 126 valence electrons. The SMILES string of the molecule is CC(C)NC(=O)NCc1ccc(C(=O)NC[C@H]2CCCO2)cc1. The molecule has 6 nitrogen and oxygen atoms in total. The second-order valence-electron chi connectivity index (χ2n) is 6.02. The van der Waals surface area contributed by atoms with Gasteiger partial charge < -0.3 is 20.7 Å². The van der Waals surface area contributed by atoms with Crippen LogP contribution in [0, 0.1) is 0 Å². The third-order valence-corrected chi connectivity index (χ3v) is 3.60. The summed E-state index contributed by atoms with van der Waals surface area (Å²) in [4.78, 5) is 23.6. The topological polar surface area (TPSA) is 79.5 Å². The third-order valence-electron chi connectivity index (χ3n) is 3.60. The van der Waals surface area contributed by atoms with Crippen LogP contribution < -0.4 is 16.0 Å². The molecule has 0 saturated carbocycles. The van der Waals surface area contributed by atoms with Gasteiger partial charge >= 0.3 is 6.03 Å². The molecule has 1 fully saturated rings. The summed E-state index contributed by atoms with van der Waals surface area (Å²) in [5, 5.41) is 8.42. The number of ether oxygens (including phenoxy) is 1. The van der Waals surface area contributed by atoms with E-state index in [1.165, 1.54) is 0 Å². The molecule has 6 heteroatoms. The lowest BCUT2D eigenvalue weighted by molar-refractivity contribution is 0.0857. The number of nitrogens with one attached hydrogen (secondary N) is 3. The summed E-state index contributed by atoms with van der Waals surface area (Å²) in [6, 6.07) is 7.13. The van der Waals surface area contributed by atoms with E-state index >= 15 is 0 Å². The summed E-state index contributed by atoms with van der Waals surface area (Å²) in [6.07, 6.45) is 2.21. The minimum Gasteiger partial charge on any atom is -0.376 e. The Balaban J connectivity index is 1.76. The average Bonchev–Trinajstić information content (AvgIpc) is 3.04. The van der Waals surface area contributed by atoms with E-state index in [1.54, 1.807) is 12.1 Å². The molecule has 3 amide bonds. The van der Waals surface area contributed by atoms with Crippen LogP contribution in [0.3, 0.4) is 0 Å². The first-order valence-electron chi connectivity index (χ1n) is 8.07. The van der Waals surface area contributed by atoms with Crippen molar-refractivity contribution in [3.63, 3.8) is 0 Å². The van der Waals surface area contributed by atoms with E-state index in [-0.39, 0.29) is 24.1 Å². The number of hydrogen-bond donors (Lipinski definition) is 3. The zero-order valence-corrected chi connectivity index (χ0v) is 13.7. The van der Waals surface area contributed by atoms with E-state index in [0.29, 0.717) is 18.7 Å². The minimum absolute atomic E-state index is 0.0995. The molecule has 23 heavy (non-hydrogen) atoms. The molecule has 1 aliphatic rings. The van der Waals surface area contributed by atoms with Gasteiger partial charge in [0, 0.05) is 31.3 Å². The van der Waals surface area contributed by atoms with E-state index in [9.17, 15) is 9.59 Å². The van der Waals surface area contributed by atoms with Gasteiger partial charge in [-0.1, -0.05) is 12.1 Å². The Hall–Kier alpha value is -2.08. The van der Waals surface area contributed by atoms with Gasteiger partial charge in [-0.2, -0.15) is 0 Å². The lowest BCUT2D eigenvalue weighted by Crippen LogP contribution is -2.39. The zero-order valence-electron chi connectivity index (χ0n) is 13.7. The van der Waals surface area contributed by atoms with Crippen molar-refractivity contribution in [2.24, 2.45) is 0 Å². The smallest absolute Gasteiger partial charge is 0.315 e. The molecule has 3 N–H and O–H groups in total. The monoisotopic (exact) mass is 319 g/mol. The first-order valence-corrected chi connectivity index (χ1v) is 8.07. The van der Waals surface area contributed by atoms with Gasteiger partial charge in [-0.15, -0.1) is 0 Å². The van der Waals surface area contributed by atoms with Crippen LogP contribution >= 0.6 is 0 Å². The van der Waals surface area contributed by atoms with Crippen molar-refractivity contribution < 1.29 is 14.3 Å². The van der Waals surface area contributed by atoms with Crippen molar-refractivity contribution in [2.45, 2.75) is 45.4 Å². The second kappa shape index (κ2) is 8.53. The number of hydrogen-bond acceptors (Lipinski definition) is 3. The molecule has 1 saturated heterocycles. The summed E-state index contributed by atoms with van der Waals surface area (Å²) in [5.74, 6) is -0.0995. The van der Waals surface area contributed by atoms with Crippen LogP contribution in [0.4, 0.5) is 4.79 Å². The van der Waals surface area contributed by atoms with E-state index in [2.05, 4.69) is 16.0 Å². The van der Waals surface area contributed by atoms with Crippen LogP contribution in [-0.2, 0) is 11.3 Å². The molecule has 0 aromatic heterocycles. The maximum absolute atomic E-state index is 12.1. The highest BCUT2D eigenvalue weighted by Crippen LogP contribution is 2.11. The Morgan fingerprint density at radius 3 is 2.57 bits per heavy atom. The van der Waals surface area contributed by atoms with Crippen molar-refractivity contribution in [3.05, 3.63) is 35.4 Å². The van der Waals surface area contributed by atoms with Crippen LogP contribution in [-0.4, -0.2) is 37.2 Å². The lowest BCUT2D eigenvalue weighted by atomic mass is 10.1. The number of amides is 3. The number of carbonyl (C=O) groups is 2. The molecule has 1 aliphatic heterocycles. The number of benzene rings is 1. The van der Waals surface area contributed by atoms with Crippen LogP contribution in [0.25, 0.3) is 0 Å². The number of rotatable bonds is 6. The fraction of sp³-hybridized carbons (Fsp3) is 0.529. The fourth-order valence-electron chi connectivity index (χ4n) is 2.38. The molecule has 0 radical (unpaired) electrons. The highest BCUT2D eigenvalue weighted by Gasteiger charge is 2.16. The van der Waals surface area contributed by atoms with Crippen molar-refractivity contribution in [2.75, 3.05) is 13.2 Å². The van der Waals surface area contributed by atoms with Gasteiger partial charge in [-0.05, 0) is 44.4 Å². The first kappa shape index (κ1) is 17.3. The van der Waals surface area contributed by atoms with E-state index in [1.807, 2.05) is 26.0 Å². The molecule has 0 aliphatic carbocycles. The molecule has 2 rings (SSSR count). The van der Waals surface area contributed by atoms with E-state index in [4.69, 9.17) is 4.74 Å². The van der Waals surface area contributed by atoms with Crippen LogP contribution in [0.5, 0.6) is 0 Å². The third kappa shape index (κ3) is 5.90. The normalized spacial score (nSPS) is 17.1. The maximum Gasteiger partial charge on any atom is 0.315 e. The Kier molecular flexibility index (Phi) is 6.40. The predicted molar refractivity (Wildman–Crippen MR) is 88.3 cm³/mol. The lowest BCUT2D eigenvalue weighted by Gasteiger charge is -2.12. The van der Waals surface area contributed by atoms with Gasteiger partial charge in [0.15, 0.2) is 0 Å². The first-order chi connectivity index (χ1) is 11.0. The molecule has 0 spiro atoms. The maximum atomic E-state index is 12.1. The van der Waals surface area contributed by atoms with Crippen LogP contribution in [0.1, 0.15) is 42.6 Å². The van der Waals surface area contributed by atoms with Crippen molar-refractivity contribution >= 4 is 11.9 Å². The van der Waals surface area contributed by atoms with Crippen molar-refractivity contribution in [1.29, 1.82) is 0 Å². The Morgan fingerprint density at radius 2 is 1.96 bits per heavy atom. The Labute approximate surface area is 137 Å². The summed E-state index contributed by atoms with van der Waals surface area (Å²) in [7, 11) is 0. The molecular formula is C17H25N3O3. The van der Waals surface area contributed by atoms with Crippen molar-refractivity contribution in [3.8, 4) is 0 Å². The van der Waals surface area contributed by atoms with Crippen LogP contribution in [0.15, 0.2) is 24.3 Å². The van der Waals surface area contributed by atoms with E-state index < -0.39 is 0 Å². The van der Waals surface area contributed by atoms with Gasteiger partial charge in [-0.3, -0.25) is 4.79 Å². The molecule has 1 aromatic rings. The summed E-state index contributed by atoms with van der Waals surface area (Å²) < 4.78 is 5.48. The molecule has 0 bridgehead atoms. The number of carbonyl (C=O) groups excluding carboxylic acids is 2. The van der Waals surface area contributed by atoms with Gasteiger partial charge in [0.05, 0.1) is 6.10 Å². The summed E-state index contributed by atoms with van der Waals surface area (Å²) >= 11 is 0. The van der Waals surface area contributed by atoms with Gasteiger partial charge in [0.25, 0.3) is 5.91 Å². The van der Waals surface area contributed by atoms with Gasteiger partial charge in [0.2, 0.25) is 0 Å². The highest BCUT2D eigenvalue weighted by molar-refractivity contribution is 5.94. The van der Waals surface area contributed by atoms with Crippen LogP contribution in [0.2, 0.25) is 0 Å². The Bertz CT molecular complexity index is 522. The quantitative estimate of drug-likeness (QED) is 0.748. The predicted octanol–water partition coefficient (Wildman–Crippen LogP) is 1.80. The standard InChI is InChI=1S/C17H25N3O3/c1-12(2)20-17(22)19-10-13-5-7-14(8-6-13)16(21)18-11-15-4-3-9-23-15/h5-8,12,15H,3-4,9-11H2,1-2H3,(H,18,21)(H2,19,20,22)/t15-/m1/s1. The second-order valence-corrected chi connectivity index (χ2v) is 6.02. The Morgan fingerprint density at radius 1 is 1.22 bits per heavy atom. The van der Waals surface area contributed by atoms with E-state index in [0.717, 1.165) is 25.0 Å². The minimum atomic E-state index is -0.196. The molecule has 1 heterocycles. The molecule has 1 aromatic carbocycles. The zero-order chi connectivity index (χ0) is 16.7. The van der Waals surface area contributed by atoms with Gasteiger partial charge in [-0.25, -0.2) is 4.79 Å².